The van der Waals surface area contributed by atoms with Crippen molar-refractivity contribution in [3.05, 3.63) is 59.4 Å². The molecule has 3 aliphatic rings. The summed E-state index contributed by atoms with van der Waals surface area (Å²) in [5.41, 5.74) is 9.24. The van der Waals surface area contributed by atoms with E-state index in [4.69, 9.17) is 19.4 Å². The molecule has 7 heteroatoms. The van der Waals surface area contributed by atoms with Crippen LogP contribution in [0.25, 0.3) is 33.5 Å². The molecule has 2 saturated heterocycles. The van der Waals surface area contributed by atoms with Gasteiger partial charge >= 0.3 is 0 Å². The molecule has 5 heterocycles. The molecule has 2 fully saturated rings. The van der Waals surface area contributed by atoms with Gasteiger partial charge in [0.1, 0.15) is 22.7 Å². The maximum Gasteiger partial charge on any atom is 0.147 e. The van der Waals surface area contributed by atoms with Gasteiger partial charge in [0.15, 0.2) is 0 Å². The molecule has 7 nitrogen and oxygen atoms in total. The van der Waals surface area contributed by atoms with Gasteiger partial charge in [-0.1, -0.05) is 18.2 Å². The highest BCUT2D eigenvalue weighted by molar-refractivity contribution is 5.93. The molecular formula is C27H27N5O2. The SMILES string of the molecule is COc1cc2[nH]nc(-c3ccc(CC45CNC(CO4)C5)nc3)c2nc1-c1cccc2c1CCC2. The molecule has 34 heavy (non-hydrogen) atoms. The van der Waals surface area contributed by atoms with Gasteiger partial charge in [0.25, 0.3) is 0 Å². The topological polar surface area (TPSA) is 85.0 Å². The summed E-state index contributed by atoms with van der Waals surface area (Å²) in [6, 6.07) is 13.2. The Morgan fingerprint density at radius 2 is 2.15 bits per heavy atom. The van der Waals surface area contributed by atoms with E-state index < -0.39 is 0 Å². The minimum absolute atomic E-state index is 0.0961. The van der Waals surface area contributed by atoms with Crippen molar-refractivity contribution in [2.45, 2.75) is 43.7 Å². The molecule has 172 valence electrons. The van der Waals surface area contributed by atoms with Crippen LogP contribution in [0.5, 0.6) is 5.75 Å². The van der Waals surface area contributed by atoms with Gasteiger partial charge in [0, 0.05) is 48.1 Å². The van der Waals surface area contributed by atoms with E-state index in [1.54, 1.807) is 7.11 Å². The Kier molecular flexibility index (Phi) is 4.50. The van der Waals surface area contributed by atoms with Crippen molar-refractivity contribution in [1.29, 1.82) is 0 Å². The molecule has 7 rings (SSSR count). The minimum Gasteiger partial charge on any atom is -0.494 e. The first-order valence-electron chi connectivity index (χ1n) is 12.1. The zero-order valence-electron chi connectivity index (χ0n) is 19.2. The van der Waals surface area contributed by atoms with Crippen LogP contribution in [0.4, 0.5) is 0 Å². The normalized spacial score (nSPS) is 23.0. The van der Waals surface area contributed by atoms with Crippen LogP contribution in [0.1, 0.15) is 29.7 Å². The van der Waals surface area contributed by atoms with E-state index in [9.17, 15) is 0 Å². The first-order valence-corrected chi connectivity index (χ1v) is 12.1. The van der Waals surface area contributed by atoms with Crippen molar-refractivity contribution in [3.8, 4) is 28.3 Å². The molecule has 0 amide bonds. The molecule has 2 bridgehead atoms. The van der Waals surface area contributed by atoms with Crippen LogP contribution in [0.2, 0.25) is 0 Å². The van der Waals surface area contributed by atoms with Gasteiger partial charge in [-0.25, -0.2) is 4.98 Å². The number of H-pyrrole nitrogens is 1. The summed E-state index contributed by atoms with van der Waals surface area (Å²) in [4.78, 5) is 9.85. The molecule has 2 N–H and O–H groups in total. The Labute approximate surface area is 197 Å². The number of nitrogens with zero attached hydrogens (tertiary/aromatic N) is 3. The Morgan fingerprint density at radius 3 is 2.91 bits per heavy atom. The third kappa shape index (κ3) is 3.15. The van der Waals surface area contributed by atoms with Crippen molar-refractivity contribution in [3.63, 3.8) is 0 Å². The Morgan fingerprint density at radius 1 is 1.18 bits per heavy atom. The van der Waals surface area contributed by atoms with Gasteiger partial charge in [-0.2, -0.15) is 5.10 Å². The van der Waals surface area contributed by atoms with Crippen LogP contribution in [-0.4, -0.2) is 52.1 Å². The average molecular weight is 454 g/mol. The van der Waals surface area contributed by atoms with Crippen molar-refractivity contribution in [1.82, 2.24) is 25.5 Å². The van der Waals surface area contributed by atoms with Crippen LogP contribution >= 0.6 is 0 Å². The number of aromatic nitrogens is 4. The smallest absolute Gasteiger partial charge is 0.147 e. The van der Waals surface area contributed by atoms with Crippen LogP contribution in [0, 0.1) is 0 Å². The highest BCUT2D eigenvalue weighted by Gasteiger charge is 2.46. The summed E-state index contributed by atoms with van der Waals surface area (Å²) >= 11 is 0. The predicted octanol–water partition coefficient (Wildman–Crippen LogP) is 3.86. The van der Waals surface area contributed by atoms with E-state index in [0.29, 0.717) is 6.04 Å². The summed E-state index contributed by atoms with van der Waals surface area (Å²) in [6.07, 6.45) is 7.21. The zero-order chi connectivity index (χ0) is 22.7. The van der Waals surface area contributed by atoms with E-state index in [-0.39, 0.29) is 5.60 Å². The van der Waals surface area contributed by atoms with Gasteiger partial charge in [-0.15, -0.1) is 0 Å². The number of aromatic amines is 1. The molecule has 3 aromatic heterocycles. The Balaban J connectivity index is 1.26. The van der Waals surface area contributed by atoms with Crippen LogP contribution < -0.4 is 10.1 Å². The number of hydrogen-bond donors (Lipinski definition) is 2. The summed E-state index contributed by atoms with van der Waals surface area (Å²) in [6.45, 7) is 1.71. The summed E-state index contributed by atoms with van der Waals surface area (Å²) < 4.78 is 11.8. The number of nitrogens with one attached hydrogen (secondary N) is 2. The number of hydrogen-bond acceptors (Lipinski definition) is 6. The second-order valence-electron chi connectivity index (χ2n) is 9.80. The minimum atomic E-state index is -0.0961. The molecule has 2 unspecified atom stereocenters. The highest BCUT2D eigenvalue weighted by Crippen LogP contribution is 2.39. The molecule has 0 spiro atoms. The van der Waals surface area contributed by atoms with Gasteiger partial charge in [-0.3, -0.25) is 10.1 Å². The number of benzene rings is 1. The van der Waals surface area contributed by atoms with Gasteiger partial charge in [0.2, 0.25) is 0 Å². The number of pyridine rings is 2. The maximum atomic E-state index is 6.07. The fourth-order valence-corrected chi connectivity index (χ4v) is 5.93. The number of ether oxygens (including phenoxy) is 2. The number of morpholine rings is 1. The first-order chi connectivity index (χ1) is 16.7. The van der Waals surface area contributed by atoms with Crippen molar-refractivity contribution >= 4 is 11.0 Å². The second kappa shape index (κ2) is 7.61. The lowest BCUT2D eigenvalue weighted by Crippen LogP contribution is -2.40. The fourth-order valence-electron chi connectivity index (χ4n) is 5.93. The molecule has 4 aromatic rings. The highest BCUT2D eigenvalue weighted by atomic mass is 16.5. The largest absolute Gasteiger partial charge is 0.494 e. The number of methoxy groups -OCH3 is 1. The lowest BCUT2D eigenvalue weighted by Gasteiger charge is -2.26. The van der Waals surface area contributed by atoms with Crippen molar-refractivity contribution in [2.24, 2.45) is 0 Å². The maximum absolute atomic E-state index is 6.07. The summed E-state index contributed by atoms with van der Waals surface area (Å²) in [5.74, 6) is 0.760. The van der Waals surface area contributed by atoms with Gasteiger partial charge < -0.3 is 14.8 Å². The lowest BCUT2D eigenvalue weighted by atomic mass is 9.96. The molecule has 0 saturated carbocycles. The molecule has 1 aromatic carbocycles. The third-order valence-electron chi connectivity index (χ3n) is 7.64. The van der Waals surface area contributed by atoms with Crippen LogP contribution in [-0.2, 0) is 24.0 Å². The number of rotatable bonds is 5. The van der Waals surface area contributed by atoms with E-state index >= 15 is 0 Å². The molecule has 1 aliphatic carbocycles. The Hall–Kier alpha value is -3.29. The monoisotopic (exact) mass is 453 g/mol. The van der Waals surface area contributed by atoms with E-state index in [1.807, 2.05) is 12.3 Å². The Bertz CT molecular complexity index is 1390. The molecule has 2 aliphatic heterocycles. The summed E-state index contributed by atoms with van der Waals surface area (Å²) in [7, 11) is 1.70. The first kappa shape index (κ1) is 20.1. The van der Waals surface area contributed by atoms with Gasteiger partial charge in [0.05, 0.1) is 24.8 Å². The van der Waals surface area contributed by atoms with E-state index in [0.717, 1.165) is 83.8 Å². The molecule has 2 atom stereocenters. The lowest BCUT2D eigenvalue weighted by molar-refractivity contribution is -0.00586. The van der Waals surface area contributed by atoms with Crippen molar-refractivity contribution in [2.75, 3.05) is 20.3 Å². The van der Waals surface area contributed by atoms with Crippen molar-refractivity contribution < 1.29 is 9.47 Å². The number of aryl methyl sites for hydroxylation is 1. The van der Waals surface area contributed by atoms with E-state index in [2.05, 4.69) is 45.8 Å². The van der Waals surface area contributed by atoms with E-state index in [1.165, 1.54) is 17.5 Å². The fraction of sp³-hybridized carbons (Fsp3) is 0.370. The third-order valence-corrected chi connectivity index (χ3v) is 7.64. The van der Waals surface area contributed by atoms with Gasteiger partial charge in [-0.05, 0) is 48.9 Å². The van der Waals surface area contributed by atoms with Crippen LogP contribution in [0.3, 0.4) is 0 Å². The predicted molar refractivity (Wildman–Crippen MR) is 130 cm³/mol. The van der Waals surface area contributed by atoms with Crippen LogP contribution in [0.15, 0.2) is 42.6 Å². The molecular weight excluding hydrogens is 426 g/mol. The average Bonchev–Trinajstić information content (AvgIpc) is 3.66. The molecule has 0 radical (unpaired) electrons. The number of fused-ring (bicyclic) bond motifs is 4. The standard InChI is InChI=1S/C27H27N5O2/c1-33-23-10-22-26(30-25(23)21-7-3-5-16-4-2-6-20(16)21)24(32-31-22)17-8-9-18(28-13-17)11-27-12-19(14-34-27)29-15-27/h3,5,7-10,13,19,29H,2,4,6,11-12,14-15H2,1H3,(H,31,32). The zero-order valence-corrected chi connectivity index (χ0v) is 19.2. The second-order valence-corrected chi connectivity index (χ2v) is 9.80. The quantitative estimate of drug-likeness (QED) is 0.477. The summed E-state index contributed by atoms with van der Waals surface area (Å²) in [5, 5.41) is 11.3.